The van der Waals surface area contributed by atoms with Crippen LogP contribution in [0.5, 0.6) is 17.2 Å². The molecule has 0 aliphatic heterocycles. The van der Waals surface area contributed by atoms with Crippen LogP contribution in [-0.2, 0) is 4.79 Å². The quantitative estimate of drug-likeness (QED) is 0.146. The van der Waals surface area contributed by atoms with Crippen LogP contribution < -0.4 is 19.6 Å². The topological polar surface area (TPSA) is 69.2 Å². The first kappa shape index (κ1) is 27.8. The lowest BCUT2D eigenvalue weighted by atomic mass is 10.0. The third-order valence-corrected chi connectivity index (χ3v) is 5.63. The zero-order valence-electron chi connectivity index (χ0n) is 20.7. The first-order chi connectivity index (χ1) is 15.7. The molecule has 0 aliphatic carbocycles. The highest BCUT2D eigenvalue weighted by atomic mass is 16.5. The second kappa shape index (κ2) is 18.3. The van der Waals surface area contributed by atoms with Gasteiger partial charge in [-0.15, -0.1) is 0 Å². The highest BCUT2D eigenvalue weighted by Crippen LogP contribution is 2.38. The van der Waals surface area contributed by atoms with Crippen LogP contribution in [-0.4, -0.2) is 33.5 Å². The van der Waals surface area contributed by atoms with Crippen LogP contribution in [0.25, 0.3) is 0 Å². The number of benzene rings is 1. The number of carbonyl (C=O) groups is 1. The molecule has 1 N–H and O–H groups in total. The van der Waals surface area contributed by atoms with Gasteiger partial charge in [0.05, 0.1) is 27.5 Å². The van der Waals surface area contributed by atoms with Gasteiger partial charge in [0.25, 0.3) is 0 Å². The highest BCUT2D eigenvalue weighted by molar-refractivity contribution is 5.87. The minimum absolute atomic E-state index is 0.0660. The molecule has 1 aromatic rings. The zero-order chi connectivity index (χ0) is 23.4. The lowest BCUT2D eigenvalue weighted by Gasteiger charge is -2.13. The van der Waals surface area contributed by atoms with Crippen molar-refractivity contribution in [2.24, 2.45) is 5.10 Å². The van der Waals surface area contributed by atoms with E-state index >= 15 is 0 Å². The number of nitrogens with one attached hydrogen (secondary N) is 1. The monoisotopic (exact) mass is 448 g/mol. The van der Waals surface area contributed by atoms with Gasteiger partial charge < -0.3 is 14.2 Å². The second-order valence-corrected chi connectivity index (χ2v) is 8.21. The van der Waals surface area contributed by atoms with Crippen molar-refractivity contribution in [3.63, 3.8) is 0 Å². The summed E-state index contributed by atoms with van der Waals surface area (Å²) in [5, 5.41) is 4.06. The van der Waals surface area contributed by atoms with Gasteiger partial charge in [-0.2, -0.15) is 5.10 Å². The number of carbonyl (C=O) groups excluding carboxylic acids is 1. The van der Waals surface area contributed by atoms with E-state index in [2.05, 4.69) is 17.5 Å². The third kappa shape index (κ3) is 11.4. The fraction of sp³-hybridized carbons (Fsp3) is 0.692. The SMILES string of the molecule is CCCCCCCCCCCCCCCC(=O)NN=Cc1ccc(OC)c(OC)c1OC. The Morgan fingerprint density at radius 2 is 1.31 bits per heavy atom. The molecule has 182 valence electrons. The number of ether oxygens (including phenoxy) is 3. The molecule has 0 spiro atoms. The Labute approximate surface area is 195 Å². The molecule has 0 saturated heterocycles. The van der Waals surface area contributed by atoms with Crippen molar-refractivity contribution in [1.82, 2.24) is 5.43 Å². The minimum atomic E-state index is -0.0660. The Hall–Kier alpha value is -2.24. The van der Waals surface area contributed by atoms with E-state index in [4.69, 9.17) is 14.2 Å². The molecule has 0 fully saturated rings. The Kier molecular flexibility index (Phi) is 15.9. The van der Waals surface area contributed by atoms with Crippen LogP contribution in [0.3, 0.4) is 0 Å². The molecule has 0 aromatic heterocycles. The number of rotatable bonds is 19. The fourth-order valence-corrected chi connectivity index (χ4v) is 3.76. The number of amides is 1. The van der Waals surface area contributed by atoms with E-state index in [1.165, 1.54) is 70.6 Å². The minimum Gasteiger partial charge on any atom is -0.493 e. The average Bonchev–Trinajstić information content (AvgIpc) is 2.81. The number of unbranched alkanes of at least 4 members (excludes halogenated alkanes) is 12. The molecule has 1 aromatic carbocycles. The molecule has 32 heavy (non-hydrogen) atoms. The van der Waals surface area contributed by atoms with Crippen molar-refractivity contribution >= 4 is 12.1 Å². The maximum absolute atomic E-state index is 12.0. The van der Waals surface area contributed by atoms with Crippen molar-refractivity contribution in [1.29, 1.82) is 0 Å². The van der Waals surface area contributed by atoms with Crippen LogP contribution in [0.4, 0.5) is 0 Å². The summed E-state index contributed by atoms with van der Waals surface area (Å²) in [5.74, 6) is 1.52. The van der Waals surface area contributed by atoms with E-state index in [0.717, 1.165) is 12.8 Å². The summed E-state index contributed by atoms with van der Waals surface area (Å²) in [6.07, 6.45) is 18.9. The smallest absolute Gasteiger partial charge is 0.240 e. The third-order valence-electron chi connectivity index (χ3n) is 5.63. The van der Waals surface area contributed by atoms with Gasteiger partial charge in [-0.25, -0.2) is 5.43 Å². The van der Waals surface area contributed by atoms with Gasteiger partial charge in [0.15, 0.2) is 11.5 Å². The van der Waals surface area contributed by atoms with Crippen LogP contribution >= 0.6 is 0 Å². The van der Waals surface area contributed by atoms with Gasteiger partial charge in [-0.3, -0.25) is 4.79 Å². The van der Waals surface area contributed by atoms with Gasteiger partial charge in [0, 0.05) is 12.0 Å². The van der Waals surface area contributed by atoms with Crippen LogP contribution in [0.15, 0.2) is 17.2 Å². The van der Waals surface area contributed by atoms with E-state index in [1.54, 1.807) is 33.6 Å². The van der Waals surface area contributed by atoms with E-state index in [-0.39, 0.29) is 5.91 Å². The van der Waals surface area contributed by atoms with Crippen molar-refractivity contribution in [2.45, 2.75) is 96.8 Å². The van der Waals surface area contributed by atoms with Gasteiger partial charge in [-0.1, -0.05) is 84.0 Å². The molecule has 6 nitrogen and oxygen atoms in total. The normalized spacial score (nSPS) is 11.0. The Morgan fingerprint density at radius 3 is 1.81 bits per heavy atom. The molecule has 0 saturated carbocycles. The molecule has 0 heterocycles. The van der Waals surface area contributed by atoms with Crippen molar-refractivity contribution in [2.75, 3.05) is 21.3 Å². The lowest BCUT2D eigenvalue weighted by Crippen LogP contribution is -2.17. The predicted octanol–water partition coefficient (Wildman–Crippen LogP) is 6.64. The van der Waals surface area contributed by atoms with Crippen LogP contribution in [0.2, 0.25) is 0 Å². The van der Waals surface area contributed by atoms with E-state index in [9.17, 15) is 4.79 Å². The Morgan fingerprint density at radius 1 is 0.781 bits per heavy atom. The van der Waals surface area contributed by atoms with Crippen molar-refractivity contribution in [3.05, 3.63) is 17.7 Å². The van der Waals surface area contributed by atoms with Gasteiger partial charge in [0.1, 0.15) is 0 Å². The van der Waals surface area contributed by atoms with Crippen molar-refractivity contribution in [3.8, 4) is 17.2 Å². The molecule has 0 bridgehead atoms. The highest BCUT2D eigenvalue weighted by Gasteiger charge is 2.14. The molecular weight excluding hydrogens is 404 g/mol. The molecular formula is C26H44N2O4. The van der Waals surface area contributed by atoms with E-state index in [0.29, 0.717) is 29.2 Å². The molecule has 0 atom stereocenters. The summed E-state index contributed by atoms with van der Waals surface area (Å²) < 4.78 is 16.0. The Balaban J connectivity index is 2.14. The second-order valence-electron chi connectivity index (χ2n) is 8.21. The van der Waals surface area contributed by atoms with Crippen LogP contribution in [0, 0.1) is 0 Å². The zero-order valence-corrected chi connectivity index (χ0v) is 20.7. The number of hydrogen-bond donors (Lipinski definition) is 1. The van der Waals surface area contributed by atoms with Crippen LogP contribution in [0.1, 0.15) is 102 Å². The van der Waals surface area contributed by atoms with Gasteiger partial charge in [-0.05, 0) is 18.6 Å². The molecule has 0 radical (unpaired) electrons. The lowest BCUT2D eigenvalue weighted by molar-refractivity contribution is -0.121. The van der Waals surface area contributed by atoms with E-state index in [1.807, 2.05) is 6.07 Å². The number of hydrazone groups is 1. The fourth-order valence-electron chi connectivity index (χ4n) is 3.76. The first-order valence-corrected chi connectivity index (χ1v) is 12.3. The average molecular weight is 449 g/mol. The number of nitrogens with zero attached hydrogens (tertiary/aromatic N) is 1. The Bertz CT molecular complexity index is 661. The van der Waals surface area contributed by atoms with Crippen molar-refractivity contribution < 1.29 is 19.0 Å². The van der Waals surface area contributed by atoms with Gasteiger partial charge >= 0.3 is 0 Å². The summed E-state index contributed by atoms with van der Waals surface area (Å²) in [6.45, 7) is 2.26. The van der Waals surface area contributed by atoms with E-state index < -0.39 is 0 Å². The number of methoxy groups -OCH3 is 3. The maximum Gasteiger partial charge on any atom is 0.240 e. The maximum atomic E-state index is 12.0. The molecule has 1 amide bonds. The summed E-state index contributed by atoms with van der Waals surface area (Å²) in [6, 6.07) is 3.58. The standard InChI is InChI=1S/C26H44N2O4/c1-5-6-7-8-9-10-11-12-13-14-15-16-17-18-24(29)28-27-21-22-19-20-23(30-2)26(32-4)25(22)31-3/h19-21H,5-18H2,1-4H3,(H,28,29). The summed E-state index contributed by atoms with van der Waals surface area (Å²) in [5.41, 5.74) is 3.30. The predicted molar refractivity (Wildman–Crippen MR) is 132 cm³/mol. The molecule has 6 heteroatoms. The largest absolute Gasteiger partial charge is 0.493 e. The molecule has 0 aliphatic rings. The summed E-state index contributed by atoms with van der Waals surface area (Å²) in [4.78, 5) is 12.0. The first-order valence-electron chi connectivity index (χ1n) is 12.3. The molecule has 0 unspecified atom stereocenters. The number of hydrogen-bond acceptors (Lipinski definition) is 5. The van der Waals surface area contributed by atoms with Gasteiger partial charge in [0.2, 0.25) is 11.7 Å². The summed E-state index contributed by atoms with van der Waals surface area (Å²) >= 11 is 0. The molecule has 1 rings (SSSR count). The summed E-state index contributed by atoms with van der Waals surface area (Å²) in [7, 11) is 4.68.